The number of ketones is 1. The minimum absolute atomic E-state index is 0.249. The third kappa shape index (κ3) is 12.3. The van der Waals surface area contributed by atoms with Crippen molar-refractivity contribution in [3.63, 3.8) is 0 Å². The van der Waals surface area contributed by atoms with E-state index in [9.17, 15) is 4.79 Å². The van der Waals surface area contributed by atoms with Crippen LogP contribution >= 0.6 is 0 Å². The molecule has 0 aromatic carbocycles. The van der Waals surface area contributed by atoms with Gasteiger partial charge in [-0.3, -0.25) is 4.79 Å². The number of unbranched alkanes of at least 4 members (excludes halogenated alkanes) is 1. The number of aliphatic hydroxyl groups is 2. The highest BCUT2D eigenvalue weighted by molar-refractivity contribution is 5.89. The minimum atomic E-state index is -1.24. The summed E-state index contributed by atoms with van der Waals surface area (Å²) in [6.07, 6.45) is 9.29. The highest BCUT2D eigenvalue weighted by atomic mass is 16.5. The third-order valence-corrected chi connectivity index (χ3v) is 4.80. The van der Waals surface area contributed by atoms with Crippen molar-refractivity contribution in [2.24, 2.45) is 17.8 Å². The molecular formula is C21H40O4. The number of carbonyl (C=O) groups is 1. The second-order valence-corrected chi connectivity index (χ2v) is 7.57. The molecule has 0 bridgehead atoms. The van der Waals surface area contributed by atoms with E-state index in [0.717, 1.165) is 25.2 Å². The van der Waals surface area contributed by atoms with Gasteiger partial charge in [0.2, 0.25) is 0 Å². The van der Waals surface area contributed by atoms with Crippen LogP contribution < -0.4 is 0 Å². The van der Waals surface area contributed by atoms with Crippen molar-refractivity contribution < 1.29 is 19.7 Å². The van der Waals surface area contributed by atoms with E-state index in [2.05, 4.69) is 27.7 Å². The van der Waals surface area contributed by atoms with E-state index in [1.807, 2.05) is 6.92 Å². The van der Waals surface area contributed by atoms with Crippen LogP contribution in [0.2, 0.25) is 0 Å². The molecule has 3 atom stereocenters. The lowest BCUT2D eigenvalue weighted by molar-refractivity contribution is -0.114. The third-order valence-electron chi connectivity index (χ3n) is 4.80. The van der Waals surface area contributed by atoms with E-state index in [4.69, 9.17) is 14.9 Å². The molecule has 4 nitrogen and oxygen atoms in total. The van der Waals surface area contributed by atoms with Crippen LogP contribution in [0.1, 0.15) is 79.6 Å². The molecule has 148 valence electrons. The molecule has 0 aliphatic heterocycles. The zero-order valence-corrected chi connectivity index (χ0v) is 16.9. The first-order chi connectivity index (χ1) is 11.8. The number of rotatable bonds is 9. The van der Waals surface area contributed by atoms with Gasteiger partial charge in [-0.05, 0) is 50.0 Å². The van der Waals surface area contributed by atoms with Crippen molar-refractivity contribution in [1.82, 2.24) is 0 Å². The number of hydrogen-bond donors (Lipinski definition) is 2. The average molecular weight is 357 g/mol. The van der Waals surface area contributed by atoms with E-state index in [0.29, 0.717) is 37.4 Å². The fourth-order valence-corrected chi connectivity index (χ4v) is 3.25. The summed E-state index contributed by atoms with van der Waals surface area (Å²) in [5.41, 5.74) is 0. The quantitative estimate of drug-likeness (QED) is 0.472. The van der Waals surface area contributed by atoms with Crippen LogP contribution in [-0.2, 0) is 9.53 Å². The smallest absolute Gasteiger partial charge is 0.155 e. The molecule has 3 unspecified atom stereocenters. The molecular weight excluding hydrogens is 316 g/mol. The number of ether oxygens (including phenoxy) is 1. The lowest BCUT2D eigenvalue weighted by Crippen LogP contribution is -2.34. The highest BCUT2D eigenvalue weighted by Gasteiger charge is 2.31. The van der Waals surface area contributed by atoms with Crippen molar-refractivity contribution in [2.75, 3.05) is 6.61 Å². The molecule has 0 aromatic heterocycles. The van der Waals surface area contributed by atoms with Crippen molar-refractivity contribution in [3.8, 4) is 0 Å². The standard InChI is InChI=1S/C13H26O3.C8H14O/c1-9(2)11-5-4-10(3)8-12(11)16-7-6-13(14)15;1-3-5-7-8(9)6-4-2/h9-15H,4-8H2,1-3H3;4,6H,3,5,7H2,1-2H3. The summed E-state index contributed by atoms with van der Waals surface area (Å²) in [4.78, 5) is 10.7. The van der Waals surface area contributed by atoms with Gasteiger partial charge in [0.25, 0.3) is 0 Å². The molecule has 1 aliphatic carbocycles. The van der Waals surface area contributed by atoms with Crippen LogP contribution in [-0.4, -0.2) is 35.0 Å². The zero-order valence-electron chi connectivity index (χ0n) is 16.9. The predicted molar refractivity (Wildman–Crippen MR) is 103 cm³/mol. The zero-order chi connectivity index (χ0) is 19.2. The number of aliphatic hydroxyl groups excluding tert-OH is 1. The predicted octanol–water partition coefficient (Wildman–Crippen LogP) is 4.49. The largest absolute Gasteiger partial charge is 0.378 e. The van der Waals surface area contributed by atoms with Crippen LogP contribution in [0.15, 0.2) is 12.2 Å². The molecule has 0 aromatic rings. The van der Waals surface area contributed by atoms with Crippen molar-refractivity contribution in [3.05, 3.63) is 12.2 Å². The van der Waals surface area contributed by atoms with Crippen LogP contribution in [0.5, 0.6) is 0 Å². The van der Waals surface area contributed by atoms with Gasteiger partial charge < -0.3 is 14.9 Å². The molecule has 0 saturated heterocycles. The fourth-order valence-electron chi connectivity index (χ4n) is 3.25. The molecule has 0 amide bonds. The van der Waals surface area contributed by atoms with Gasteiger partial charge >= 0.3 is 0 Å². The van der Waals surface area contributed by atoms with Gasteiger partial charge in [0.1, 0.15) is 0 Å². The number of allylic oxidation sites excluding steroid dienone is 2. The molecule has 1 saturated carbocycles. The van der Waals surface area contributed by atoms with E-state index in [1.54, 1.807) is 12.2 Å². The van der Waals surface area contributed by atoms with Crippen molar-refractivity contribution in [1.29, 1.82) is 0 Å². The average Bonchev–Trinajstić information content (AvgIpc) is 2.53. The van der Waals surface area contributed by atoms with Gasteiger partial charge in [0.15, 0.2) is 12.1 Å². The Hall–Kier alpha value is -0.710. The van der Waals surface area contributed by atoms with Crippen molar-refractivity contribution >= 4 is 5.78 Å². The van der Waals surface area contributed by atoms with E-state index in [-0.39, 0.29) is 5.78 Å². The van der Waals surface area contributed by atoms with Crippen LogP contribution in [0, 0.1) is 17.8 Å². The molecule has 0 spiro atoms. The summed E-state index contributed by atoms with van der Waals surface area (Å²) in [6.45, 7) is 11.2. The monoisotopic (exact) mass is 356 g/mol. The molecule has 0 radical (unpaired) electrons. The first-order valence-electron chi connectivity index (χ1n) is 9.94. The van der Waals surface area contributed by atoms with E-state index < -0.39 is 6.29 Å². The topological polar surface area (TPSA) is 66.8 Å². The van der Waals surface area contributed by atoms with Crippen LogP contribution in [0.4, 0.5) is 0 Å². The molecule has 2 N–H and O–H groups in total. The Kier molecular flexibility index (Phi) is 14.0. The van der Waals surface area contributed by atoms with Crippen molar-refractivity contribution in [2.45, 2.75) is 92.0 Å². The molecule has 1 rings (SSSR count). The first-order valence-corrected chi connectivity index (χ1v) is 9.94. The summed E-state index contributed by atoms with van der Waals surface area (Å²) >= 11 is 0. The first kappa shape index (κ1) is 24.3. The summed E-state index contributed by atoms with van der Waals surface area (Å²) in [7, 11) is 0. The maximum absolute atomic E-state index is 10.7. The summed E-state index contributed by atoms with van der Waals surface area (Å²) in [5.74, 6) is 2.27. The SMILES string of the molecule is CC1CCC(C(C)C)C(OCCC(O)O)C1.CC=CC(=O)CCCC. The van der Waals surface area contributed by atoms with Gasteiger partial charge in [0, 0.05) is 12.8 Å². The van der Waals surface area contributed by atoms with Crippen LogP contribution in [0.25, 0.3) is 0 Å². The maximum atomic E-state index is 10.7. The van der Waals surface area contributed by atoms with Gasteiger partial charge in [-0.1, -0.05) is 46.6 Å². The van der Waals surface area contributed by atoms with Gasteiger partial charge in [-0.15, -0.1) is 0 Å². The Balaban J connectivity index is 0.000000547. The maximum Gasteiger partial charge on any atom is 0.155 e. The molecule has 25 heavy (non-hydrogen) atoms. The highest BCUT2D eigenvalue weighted by Crippen LogP contribution is 2.35. The van der Waals surface area contributed by atoms with E-state index in [1.165, 1.54) is 12.8 Å². The molecule has 1 aliphatic rings. The number of hydrogen-bond acceptors (Lipinski definition) is 4. The second kappa shape index (κ2) is 14.5. The Morgan fingerprint density at radius 2 is 1.96 bits per heavy atom. The normalized spacial score (nSPS) is 23.8. The minimum Gasteiger partial charge on any atom is -0.378 e. The number of carbonyl (C=O) groups excluding carboxylic acids is 1. The van der Waals surface area contributed by atoms with Gasteiger partial charge in [-0.25, -0.2) is 0 Å². The Morgan fingerprint density at radius 3 is 2.48 bits per heavy atom. The van der Waals surface area contributed by atoms with E-state index >= 15 is 0 Å². The lowest BCUT2D eigenvalue weighted by atomic mass is 9.75. The van der Waals surface area contributed by atoms with Crippen LogP contribution in [0.3, 0.4) is 0 Å². The summed E-state index contributed by atoms with van der Waals surface area (Å²) in [6, 6.07) is 0. The Labute approximate surface area is 154 Å². The fraction of sp³-hybridized carbons (Fsp3) is 0.857. The van der Waals surface area contributed by atoms with Gasteiger partial charge in [0.05, 0.1) is 12.7 Å². The Bertz CT molecular complexity index is 363. The van der Waals surface area contributed by atoms with Gasteiger partial charge in [-0.2, -0.15) is 0 Å². The Morgan fingerprint density at radius 1 is 1.28 bits per heavy atom. The molecule has 1 fully saturated rings. The summed E-state index contributed by atoms with van der Waals surface area (Å²) < 4.78 is 5.82. The lowest BCUT2D eigenvalue weighted by Gasteiger charge is -2.37. The molecule has 4 heteroatoms. The second-order valence-electron chi connectivity index (χ2n) is 7.57. The summed E-state index contributed by atoms with van der Waals surface area (Å²) in [5, 5.41) is 17.6. The molecule has 0 heterocycles.